The third-order valence-corrected chi connectivity index (χ3v) is 3.90. The molecule has 0 unspecified atom stereocenters. The number of hydrogen-bond donors (Lipinski definition) is 1. The Kier molecular flexibility index (Phi) is 4.67. The van der Waals surface area contributed by atoms with Crippen LogP contribution in [0, 0.1) is 0 Å². The second-order valence-electron chi connectivity index (χ2n) is 3.27. The fourth-order valence-corrected chi connectivity index (χ4v) is 3.24. The van der Waals surface area contributed by atoms with Gasteiger partial charge in [0, 0.05) is 4.47 Å². The number of carbonyl (C=O) groups is 1. The van der Waals surface area contributed by atoms with Crippen molar-refractivity contribution in [2.24, 2.45) is 0 Å². The van der Waals surface area contributed by atoms with Gasteiger partial charge in [-0.25, -0.2) is 0 Å². The van der Waals surface area contributed by atoms with Gasteiger partial charge in [-0.1, -0.05) is 50.9 Å². The van der Waals surface area contributed by atoms with Gasteiger partial charge in [-0.3, -0.25) is 4.79 Å². The maximum atomic E-state index is 10.6. The van der Waals surface area contributed by atoms with Crippen molar-refractivity contribution in [1.82, 2.24) is 20.2 Å². The largest absolute Gasteiger partial charge is 0.481 e. The molecule has 0 aliphatic rings. The molecule has 0 spiro atoms. The summed E-state index contributed by atoms with van der Waals surface area (Å²) in [5, 5.41) is 20.7. The average Bonchev–Trinajstić information content (AvgIpc) is 2.73. The van der Waals surface area contributed by atoms with Crippen LogP contribution in [-0.4, -0.2) is 37.0 Å². The van der Waals surface area contributed by atoms with Crippen molar-refractivity contribution in [3.63, 3.8) is 0 Å². The van der Waals surface area contributed by atoms with Crippen molar-refractivity contribution in [3.05, 3.63) is 26.7 Å². The van der Waals surface area contributed by atoms with Crippen LogP contribution in [0.5, 0.6) is 0 Å². The predicted molar refractivity (Wildman–Crippen MR) is 75.2 cm³/mol. The molecule has 1 N–H and O–H groups in total. The number of benzene rings is 1. The van der Waals surface area contributed by atoms with Gasteiger partial charge >= 0.3 is 5.97 Å². The molecule has 0 amide bonds. The molecule has 0 aliphatic heterocycles. The van der Waals surface area contributed by atoms with Crippen LogP contribution in [0.2, 0.25) is 10.0 Å². The Morgan fingerprint density at radius 3 is 2.63 bits per heavy atom. The summed E-state index contributed by atoms with van der Waals surface area (Å²) in [6.07, 6.45) is 0. The van der Waals surface area contributed by atoms with E-state index in [1.807, 2.05) is 0 Å². The Labute approximate surface area is 130 Å². The van der Waals surface area contributed by atoms with Gasteiger partial charge in [-0.15, -0.1) is 5.10 Å². The van der Waals surface area contributed by atoms with Crippen LogP contribution in [0.15, 0.2) is 21.8 Å². The summed E-state index contributed by atoms with van der Waals surface area (Å²) in [4.78, 5) is 10.6. The third-order valence-electron chi connectivity index (χ3n) is 1.96. The molecule has 1 aromatic carbocycles. The van der Waals surface area contributed by atoms with Crippen molar-refractivity contribution in [1.29, 1.82) is 0 Å². The Hall–Kier alpha value is -0.830. The Bertz CT molecular complexity index is 613. The summed E-state index contributed by atoms with van der Waals surface area (Å²) in [5.41, 5.74) is 0.407. The third kappa shape index (κ3) is 3.38. The molecule has 0 aliphatic carbocycles. The van der Waals surface area contributed by atoms with Crippen molar-refractivity contribution < 1.29 is 9.90 Å². The molecule has 0 fully saturated rings. The predicted octanol–water partition coefficient (Wildman–Crippen LogP) is 2.91. The zero-order chi connectivity index (χ0) is 14.0. The summed E-state index contributed by atoms with van der Waals surface area (Å²) in [7, 11) is 0. The minimum Gasteiger partial charge on any atom is -0.481 e. The quantitative estimate of drug-likeness (QED) is 0.817. The zero-order valence-corrected chi connectivity index (χ0v) is 13.0. The lowest BCUT2D eigenvalue weighted by atomic mass is 10.3. The summed E-state index contributed by atoms with van der Waals surface area (Å²) in [5.74, 6) is -1.13. The average molecular weight is 384 g/mol. The van der Waals surface area contributed by atoms with Gasteiger partial charge in [0.05, 0.1) is 15.8 Å². The Morgan fingerprint density at radius 2 is 2.05 bits per heavy atom. The van der Waals surface area contributed by atoms with Crippen LogP contribution in [0.3, 0.4) is 0 Å². The Balaban J connectivity index is 2.43. The summed E-state index contributed by atoms with van der Waals surface area (Å²) in [6, 6.07) is 3.30. The number of nitrogens with zero attached hydrogens (tertiary/aromatic N) is 4. The molecule has 100 valence electrons. The number of rotatable bonds is 4. The second-order valence-corrected chi connectivity index (χ2v) is 5.95. The van der Waals surface area contributed by atoms with E-state index < -0.39 is 5.97 Å². The van der Waals surface area contributed by atoms with E-state index in [0.717, 1.165) is 16.2 Å². The monoisotopic (exact) mass is 382 g/mol. The first kappa shape index (κ1) is 14.6. The van der Waals surface area contributed by atoms with Gasteiger partial charge in [-0.2, -0.15) is 4.68 Å². The van der Waals surface area contributed by atoms with Crippen LogP contribution < -0.4 is 0 Å². The van der Waals surface area contributed by atoms with E-state index in [0.29, 0.717) is 20.9 Å². The zero-order valence-electron chi connectivity index (χ0n) is 9.05. The van der Waals surface area contributed by atoms with Crippen molar-refractivity contribution in [2.45, 2.75) is 5.16 Å². The molecule has 0 atom stereocenters. The number of halogens is 3. The van der Waals surface area contributed by atoms with Gasteiger partial charge in [0.15, 0.2) is 0 Å². The topological polar surface area (TPSA) is 80.9 Å². The first-order valence-corrected chi connectivity index (χ1v) is 7.30. The van der Waals surface area contributed by atoms with Gasteiger partial charge in [0.25, 0.3) is 0 Å². The van der Waals surface area contributed by atoms with Crippen molar-refractivity contribution in [2.75, 3.05) is 5.75 Å². The van der Waals surface area contributed by atoms with E-state index in [-0.39, 0.29) is 5.75 Å². The number of aromatic nitrogens is 4. The molecule has 0 radical (unpaired) electrons. The molecular formula is C9H5BrCl2N4O2S. The van der Waals surface area contributed by atoms with E-state index in [2.05, 4.69) is 31.5 Å². The van der Waals surface area contributed by atoms with Crippen LogP contribution in [0.1, 0.15) is 0 Å². The molecular weight excluding hydrogens is 379 g/mol. The highest BCUT2D eigenvalue weighted by Gasteiger charge is 2.17. The smallest absolute Gasteiger partial charge is 0.313 e. The molecule has 0 bridgehead atoms. The summed E-state index contributed by atoms with van der Waals surface area (Å²) < 4.78 is 2.03. The van der Waals surface area contributed by atoms with E-state index in [4.69, 9.17) is 28.3 Å². The first-order valence-electron chi connectivity index (χ1n) is 4.77. The standard InChI is InChI=1S/C9H5BrCl2N4O2S/c10-4-1-5(11)8(6(12)2-4)16-9(13-14-15-16)19-3-7(17)18/h1-2H,3H2,(H,17,18). The maximum absolute atomic E-state index is 10.6. The second kappa shape index (κ2) is 6.08. The molecule has 1 heterocycles. The minimum absolute atomic E-state index is 0.161. The lowest BCUT2D eigenvalue weighted by molar-refractivity contribution is -0.133. The number of hydrogen-bond acceptors (Lipinski definition) is 5. The maximum Gasteiger partial charge on any atom is 0.313 e. The molecule has 0 saturated heterocycles. The van der Waals surface area contributed by atoms with Gasteiger partial charge in [-0.05, 0) is 22.6 Å². The number of thioether (sulfide) groups is 1. The number of aliphatic carboxylic acids is 1. The SMILES string of the molecule is O=C(O)CSc1nnnn1-c1c(Cl)cc(Br)cc1Cl. The molecule has 2 rings (SSSR count). The van der Waals surface area contributed by atoms with E-state index >= 15 is 0 Å². The lowest BCUT2D eigenvalue weighted by Gasteiger charge is -2.08. The fraction of sp³-hybridized carbons (Fsp3) is 0.111. The van der Waals surface area contributed by atoms with E-state index in [9.17, 15) is 4.79 Å². The highest BCUT2D eigenvalue weighted by atomic mass is 79.9. The molecule has 10 heteroatoms. The van der Waals surface area contributed by atoms with Gasteiger partial charge < -0.3 is 5.11 Å². The highest BCUT2D eigenvalue weighted by molar-refractivity contribution is 9.10. The molecule has 19 heavy (non-hydrogen) atoms. The van der Waals surface area contributed by atoms with Crippen LogP contribution in [0.4, 0.5) is 0 Å². The molecule has 1 aromatic heterocycles. The van der Waals surface area contributed by atoms with Crippen molar-refractivity contribution in [3.8, 4) is 5.69 Å². The summed E-state index contributed by atoms with van der Waals surface area (Å²) in [6.45, 7) is 0. The van der Waals surface area contributed by atoms with E-state index in [1.165, 1.54) is 4.68 Å². The van der Waals surface area contributed by atoms with Crippen LogP contribution in [-0.2, 0) is 4.79 Å². The number of carboxylic acids is 1. The Morgan fingerprint density at radius 1 is 1.42 bits per heavy atom. The lowest BCUT2D eigenvalue weighted by Crippen LogP contribution is -2.04. The molecule has 0 saturated carbocycles. The highest BCUT2D eigenvalue weighted by Crippen LogP contribution is 2.33. The van der Waals surface area contributed by atoms with Gasteiger partial charge in [0.2, 0.25) is 5.16 Å². The fourth-order valence-electron chi connectivity index (χ4n) is 1.27. The van der Waals surface area contributed by atoms with Gasteiger partial charge in [0.1, 0.15) is 5.69 Å². The van der Waals surface area contributed by atoms with Crippen LogP contribution >= 0.6 is 50.9 Å². The summed E-state index contributed by atoms with van der Waals surface area (Å²) >= 11 is 16.5. The van der Waals surface area contributed by atoms with E-state index in [1.54, 1.807) is 12.1 Å². The molecule has 6 nitrogen and oxygen atoms in total. The molecule has 2 aromatic rings. The number of tetrazole rings is 1. The first-order chi connectivity index (χ1) is 8.99. The van der Waals surface area contributed by atoms with Crippen molar-refractivity contribution >= 4 is 56.9 Å². The van der Waals surface area contributed by atoms with Crippen LogP contribution in [0.25, 0.3) is 5.69 Å². The normalized spacial score (nSPS) is 10.7. The minimum atomic E-state index is -0.965. The number of carboxylic acid groups (broad SMARTS) is 1.